The lowest BCUT2D eigenvalue weighted by Gasteiger charge is -2.17. The molecular formula is C25H25N3O3. The van der Waals surface area contributed by atoms with Crippen LogP contribution in [0.4, 0.5) is 5.69 Å². The summed E-state index contributed by atoms with van der Waals surface area (Å²) in [5.41, 5.74) is 2.77. The quantitative estimate of drug-likeness (QED) is 0.523. The van der Waals surface area contributed by atoms with Crippen molar-refractivity contribution in [1.29, 1.82) is 0 Å². The van der Waals surface area contributed by atoms with E-state index in [4.69, 9.17) is 0 Å². The van der Waals surface area contributed by atoms with E-state index in [1.807, 2.05) is 62.4 Å². The third kappa shape index (κ3) is 5.85. The summed E-state index contributed by atoms with van der Waals surface area (Å²) in [4.78, 5) is 33.3. The zero-order chi connectivity index (χ0) is 22.2. The monoisotopic (exact) mass is 415 g/mol. The Morgan fingerprint density at radius 2 is 1.65 bits per heavy atom. The Morgan fingerprint density at radius 3 is 2.29 bits per heavy atom. The Bertz CT molecular complexity index is 1060. The standard InChI is InChI=1S/C25H25N3O3/c1-17(2)16-22(25(30)31)27-23(18-10-4-3-5-11-18)19-12-6-7-13-20(19)28-24(29)21-14-8-9-15-26-21/h3-15,17,22H,16H2,1-2H3,(H,28,29)(H,30,31). The lowest BCUT2D eigenvalue weighted by atomic mass is 9.98. The summed E-state index contributed by atoms with van der Waals surface area (Å²) in [7, 11) is 0. The minimum atomic E-state index is -0.975. The van der Waals surface area contributed by atoms with Gasteiger partial charge in [-0.3, -0.25) is 14.8 Å². The molecule has 3 aromatic rings. The smallest absolute Gasteiger partial charge is 0.328 e. The number of hydrogen-bond donors (Lipinski definition) is 2. The van der Waals surface area contributed by atoms with Crippen molar-refractivity contribution in [2.24, 2.45) is 10.9 Å². The fraction of sp³-hybridized carbons (Fsp3) is 0.200. The maximum absolute atomic E-state index is 12.7. The summed E-state index contributed by atoms with van der Waals surface area (Å²) in [6, 6.07) is 20.9. The maximum atomic E-state index is 12.7. The third-order valence-corrected chi connectivity index (χ3v) is 4.64. The molecule has 1 heterocycles. The minimum absolute atomic E-state index is 0.168. The Kier molecular flexibility index (Phi) is 7.27. The van der Waals surface area contributed by atoms with Crippen molar-refractivity contribution < 1.29 is 14.7 Å². The number of carboxylic acid groups (broad SMARTS) is 1. The average Bonchev–Trinajstić information content (AvgIpc) is 2.78. The van der Waals surface area contributed by atoms with Crippen LogP contribution in [0.5, 0.6) is 0 Å². The molecule has 1 atom stereocenters. The number of carbonyl (C=O) groups is 2. The molecule has 31 heavy (non-hydrogen) atoms. The molecule has 0 saturated heterocycles. The van der Waals surface area contributed by atoms with Crippen LogP contribution in [-0.2, 0) is 4.79 Å². The Morgan fingerprint density at radius 1 is 0.968 bits per heavy atom. The van der Waals surface area contributed by atoms with Crippen LogP contribution >= 0.6 is 0 Å². The molecule has 6 nitrogen and oxygen atoms in total. The molecule has 1 amide bonds. The van der Waals surface area contributed by atoms with Crippen LogP contribution in [0.1, 0.15) is 41.9 Å². The second-order valence-electron chi connectivity index (χ2n) is 7.54. The first-order chi connectivity index (χ1) is 15.0. The molecule has 158 valence electrons. The van der Waals surface area contributed by atoms with E-state index in [1.54, 1.807) is 30.5 Å². The number of benzene rings is 2. The fourth-order valence-electron chi connectivity index (χ4n) is 3.19. The second-order valence-corrected chi connectivity index (χ2v) is 7.54. The molecule has 0 aliphatic heterocycles. The number of aliphatic imine (C=N–C) groups is 1. The number of nitrogens with one attached hydrogen (secondary N) is 1. The van der Waals surface area contributed by atoms with Gasteiger partial charge in [0.25, 0.3) is 5.91 Å². The number of carbonyl (C=O) groups excluding carboxylic acids is 1. The number of nitrogens with zero attached hydrogens (tertiary/aromatic N) is 2. The summed E-state index contributed by atoms with van der Waals surface area (Å²) >= 11 is 0. The molecule has 3 rings (SSSR count). The predicted molar refractivity (Wildman–Crippen MR) is 122 cm³/mol. The number of rotatable bonds is 8. The molecule has 0 saturated carbocycles. The predicted octanol–water partition coefficient (Wildman–Crippen LogP) is 4.67. The van der Waals surface area contributed by atoms with E-state index in [0.717, 1.165) is 5.56 Å². The number of hydrogen-bond acceptors (Lipinski definition) is 4. The van der Waals surface area contributed by atoms with E-state index in [2.05, 4.69) is 15.3 Å². The lowest BCUT2D eigenvalue weighted by molar-refractivity contribution is -0.138. The van der Waals surface area contributed by atoms with Crippen molar-refractivity contribution in [3.05, 3.63) is 95.8 Å². The first-order valence-electron chi connectivity index (χ1n) is 10.1. The van der Waals surface area contributed by atoms with Crippen molar-refractivity contribution in [2.75, 3.05) is 5.32 Å². The van der Waals surface area contributed by atoms with Crippen molar-refractivity contribution in [1.82, 2.24) is 4.98 Å². The van der Waals surface area contributed by atoms with Gasteiger partial charge in [-0.1, -0.05) is 68.4 Å². The summed E-state index contributed by atoms with van der Waals surface area (Å²) < 4.78 is 0. The zero-order valence-electron chi connectivity index (χ0n) is 17.5. The lowest BCUT2D eigenvalue weighted by Crippen LogP contribution is -2.23. The number of amides is 1. The van der Waals surface area contributed by atoms with Crippen molar-refractivity contribution in [3.63, 3.8) is 0 Å². The maximum Gasteiger partial charge on any atom is 0.328 e. The molecule has 1 aromatic heterocycles. The summed E-state index contributed by atoms with van der Waals surface area (Å²) in [5, 5.41) is 12.6. The number of aliphatic carboxylic acids is 1. The fourth-order valence-corrected chi connectivity index (χ4v) is 3.19. The van der Waals surface area contributed by atoms with Crippen LogP contribution in [0.15, 0.2) is 84.0 Å². The molecule has 0 radical (unpaired) electrons. The SMILES string of the molecule is CC(C)CC(N=C(c1ccccc1)c1ccccc1NC(=O)c1ccccn1)C(=O)O. The van der Waals surface area contributed by atoms with E-state index >= 15 is 0 Å². The first-order valence-corrected chi connectivity index (χ1v) is 10.1. The van der Waals surface area contributed by atoms with Gasteiger partial charge in [-0.25, -0.2) is 4.79 Å². The van der Waals surface area contributed by atoms with Crippen molar-refractivity contribution in [3.8, 4) is 0 Å². The van der Waals surface area contributed by atoms with Crippen LogP contribution in [0.3, 0.4) is 0 Å². The zero-order valence-corrected chi connectivity index (χ0v) is 17.5. The number of anilines is 1. The molecule has 1 unspecified atom stereocenters. The van der Waals surface area contributed by atoms with Crippen LogP contribution in [-0.4, -0.2) is 33.7 Å². The third-order valence-electron chi connectivity index (χ3n) is 4.64. The molecular weight excluding hydrogens is 390 g/mol. The number of pyridine rings is 1. The van der Waals surface area contributed by atoms with Crippen molar-refractivity contribution >= 4 is 23.3 Å². The highest BCUT2D eigenvalue weighted by Crippen LogP contribution is 2.23. The van der Waals surface area contributed by atoms with Gasteiger partial charge in [0.15, 0.2) is 0 Å². The van der Waals surface area contributed by atoms with E-state index in [0.29, 0.717) is 29.1 Å². The first kappa shape index (κ1) is 21.9. The molecule has 0 spiro atoms. The molecule has 2 aromatic carbocycles. The minimum Gasteiger partial charge on any atom is -0.480 e. The highest BCUT2D eigenvalue weighted by atomic mass is 16.4. The van der Waals surface area contributed by atoms with Crippen molar-refractivity contribution in [2.45, 2.75) is 26.3 Å². The average molecular weight is 415 g/mol. The van der Waals surface area contributed by atoms with Gasteiger partial charge in [-0.05, 0) is 30.5 Å². The summed E-state index contributed by atoms with van der Waals surface area (Å²) in [6.45, 7) is 3.93. The molecule has 2 N–H and O–H groups in total. The van der Waals surface area contributed by atoms with Crippen LogP contribution < -0.4 is 5.32 Å². The Labute approximate surface area is 181 Å². The van der Waals surface area contributed by atoms with E-state index < -0.39 is 12.0 Å². The highest BCUT2D eigenvalue weighted by Gasteiger charge is 2.21. The van der Waals surface area contributed by atoms with Gasteiger partial charge in [0.05, 0.1) is 11.4 Å². The van der Waals surface area contributed by atoms with Gasteiger partial charge in [0.1, 0.15) is 11.7 Å². The molecule has 6 heteroatoms. The number of para-hydroxylation sites is 1. The van der Waals surface area contributed by atoms with Gasteiger partial charge in [-0.15, -0.1) is 0 Å². The van der Waals surface area contributed by atoms with E-state index in [1.165, 1.54) is 0 Å². The Hall–Kier alpha value is -3.80. The van der Waals surface area contributed by atoms with Crippen LogP contribution in [0, 0.1) is 5.92 Å². The second kappa shape index (κ2) is 10.3. The number of aromatic nitrogens is 1. The molecule has 0 fully saturated rings. The normalized spacial score (nSPS) is 12.4. The largest absolute Gasteiger partial charge is 0.480 e. The molecule has 0 aliphatic rings. The van der Waals surface area contributed by atoms with Gasteiger partial charge < -0.3 is 10.4 Å². The van der Waals surface area contributed by atoms with Gasteiger partial charge in [0.2, 0.25) is 0 Å². The van der Waals surface area contributed by atoms with Gasteiger partial charge in [0, 0.05) is 17.3 Å². The van der Waals surface area contributed by atoms with Crippen LogP contribution in [0.25, 0.3) is 0 Å². The summed E-state index contributed by atoms with van der Waals surface area (Å²) in [6.07, 6.45) is 1.97. The van der Waals surface area contributed by atoms with Gasteiger partial charge >= 0.3 is 5.97 Å². The molecule has 0 bridgehead atoms. The summed E-state index contributed by atoms with van der Waals surface area (Å²) in [5.74, 6) is -1.16. The van der Waals surface area contributed by atoms with Gasteiger partial charge in [-0.2, -0.15) is 0 Å². The molecule has 0 aliphatic carbocycles. The topological polar surface area (TPSA) is 91.7 Å². The van der Waals surface area contributed by atoms with E-state index in [-0.39, 0.29) is 11.8 Å². The van der Waals surface area contributed by atoms with Crippen LogP contribution in [0.2, 0.25) is 0 Å². The Balaban J connectivity index is 2.07. The number of carboxylic acids is 1. The van der Waals surface area contributed by atoms with E-state index in [9.17, 15) is 14.7 Å². The highest BCUT2D eigenvalue weighted by molar-refractivity contribution is 6.18.